The summed E-state index contributed by atoms with van der Waals surface area (Å²) >= 11 is 3.99. The lowest BCUT2D eigenvalue weighted by Gasteiger charge is -2.60. The fraction of sp³-hybridized carbons (Fsp3) is 0.933. The molecule has 4 rings (SSSR count). The molecule has 4 aliphatic carbocycles. The zero-order valence-corrected chi connectivity index (χ0v) is 13.3. The number of hydrogen-bond donors (Lipinski definition) is 1. The Labute approximate surface area is 124 Å². The third-order valence-electron chi connectivity index (χ3n) is 5.27. The number of alkyl halides is 1. The second-order valence-electron chi connectivity index (χ2n) is 7.13. The Morgan fingerprint density at radius 2 is 2.00 bits per heavy atom. The van der Waals surface area contributed by atoms with Crippen LogP contribution in [-0.2, 0) is 9.53 Å². The van der Waals surface area contributed by atoms with Gasteiger partial charge in [0.2, 0.25) is 5.91 Å². The molecule has 2 atom stereocenters. The summed E-state index contributed by atoms with van der Waals surface area (Å²) in [6, 6.07) is 0. The van der Waals surface area contributed by atoms with Crippen molar-refractivity contribution in [2.75, 3.05) is 20.3 Å². The van der Waals surface area contributed by atoms with Gasteiger partial charge >= 0.3 is 0 Å². The van der Waals surface area contributed by atoms with Gasteiger partial charge in [0.15, 0.2) is 0 Å². The third kappa shape index (κ3) is 2.85. The predicted molar refractivity (Wildman–Crippen MR) is 78.3 cm³/mol. The average Bonchev–Trinajstić information content (AvgIpc) is 2.24. The molecule has 0 aromatic carbocycles. The van der Waals surface area contributed by atoms with Gasteiger partial charge in [-0.05, 0) is 55.8 Å². The molecule has 4 saturated carbocycles. The minimum absolute atomic E-state index is 0.218. The summed E-state index contributed by atoms with van der Waals surface area (Å²) in [5.74, 6) is 1.93. The van der Waals surface area contributed by atoms with Crippen LogP contribution in [0, 0.1) is 17.3 Å². The Morgan fingerprint density at radius 1 is 1.32 bits per heavy atom. The fourth-order valence-electron chi connectivity index (χ4n) is 5.24. The van der Waals surface area contributed by atoms with Crippen LogP contribution in [0.15, 0.2) is 0 Å². The van der Waals surface area contributed by atoms with Crippen molar-refractivity contribution in [3.05, 3.63) is 0 Å². The van der Waals surface area contributed by atoms with Gasteiger partial charge in [-0.25, -0.2) is 0 Å². The molecule has 3 nitrogen and oxygen atoms in total. The van der Waals surface area contributed by atoms with Gasteiger partial charge < -0.3 is 10.1 Å². The molecule has 0 aliphatic heterocycles. The number of carbonyl (C=O) groups excluding carboxylic acids is 1. The number of nitrogens with one attached hydrogen (secondary N) is 1. The molecule has 4 fully saturated rings. The van der Waals surface area contributed by atoms with Crippen molar-refractivity contribution in [2.45, 2.75) is 49.3 Å². The van der Waals surface area contributed by atoms with Crippen LogP contribution < -0.4 is 5.32 Å². The number of halogens is 1. The third-order valence-corrected chi connectivity index (χ3v) is 6.20. The number of methoxy groups -OCH3 is 1. The van der Waals surface area contributed by atoms with Crippen LogP contribution in [0.3, 0.4) is 0 Å². The minimum atomic E-state index is 0.218. The van der Waals surface area contributed by atoms with Crippen LogP contribution >= 0.6 is 15.9 Å². The largest absolute Gasteiger partial charge is 0.383 e. The van der Waals surface area contributed by atoms with Crippen LogP contribution in [0.1, 0.15) is 44.9 Å². The van der Waals surface area contributed by atoms with E-state index in [1.54, 1.807) is 7.11 Å². The van der Waals surface area contributed by atoms with Gasteiger partial charge in [0.1, 0.15) is 0 Å². The minimum Gasteiger partial charge on any atom is -0.383 e. The topological polar surface area (TPSA) is 38.3 Å². The molecule has 0 unspecified atom stereocenters. The van der Waals surface area contributed by atoms with E-state index in [-0.39, 0.29) is 11.3 Å². The Kier molecular flexibility index (Phi) is 3.67. The van der Waals surface area contributed by atoms with Crippen LogP contribution in [0.5, 0.6) is 0 Å². The summed E-state index contributed by atoms with van der Waals surface area (Å²) in [6.07, 6.45) is 8.53. The smallest absolute Gasteiger partial charge is 0.220 e. The predicted octanol–water partition coefficient (Wildman–Crippen LogP) is 2.87. The van der Waals surface area contributed by atoms with Crippen molar-refractivity contribution >= 4 is 21.8 Å². The van der Waals surface area contributed by atoms with Gasteiger partial charge in [0.25, 0.3) is 0 Å². The summed E-state index contributed by atoms with van der Waals surface area (Å²) in [5, 5.41) is 2.99. The molecule has 4 bridgehead atoms. The molecule has 0 spiro atoms. The Morgan fingerprint density at radius 3 is 2.58 bits per heavy atom. The summed E-state index contributed by atoms with van der Waals surface area (Å²) in [6.45, 7) is 1.24. The van der Waals surface area contributed by atoms with Crippen molar-refractivity contribution in [1.29, 1.82) is 0 Å². The van der Waals surface area contributed by atoms with E-state index in [2.05, 4.69) is 21.2 Å². The van der Waals surface area contributed by atoms with E-state index in [4.69, 9.17) is 4.74 Å². The highest BCUT2D eigenvalue weighted by atomic mass is 79.9. The van der Waals surface area contributed by atoms with E-state index in [1.165, 1.54) is 38.5 Å². The summed E-state index contributed by atoms with van der Waals surface area (Å²) in [4.78, 5) is 12.1. The highest BCUT2D eigenvalue weighted by Crippen LogP contribution is 2.65. The molecule has 1 amide bonds. The Hall–Kier alpha value is -0.0900. The number of rotatable bonds is 5. The first-order valence-corrected chi connectivity index (χ1v) is 8.26. The number of carbonyl (C=O) groups is 1. The van der Waals surface area contributed by atoms with Crippen molar-refractivity contribution in [2.24, 2.45) is 17.3 Å². The van der Waals surface area contributed by atoms with Gasteiger partial charge in [-0.3, -0.25) is 4.79 Å². The SMILES string of the molecule is COCCNC(=O)CC12C[C@H]3C[C@@H](CC(Br)(C3)C1)C2. The van der Waals surface area contributed by atoms with Gasteiger partial charge in [-0.15, -0.1) is 0 Å². The lowest BCUT2D eigenvalue weighted by molar-refractivity contribution is -0.128. The van der Waals surface area contributed by atoms with Crippen LogP contribution in [0.25, 0.3) is 0 Å². The lowest BCUT2D eigenvalue weighted by atomic mass is 9.48. The Bertz CT molecular complexity index is 357. The van der Waals surface area contributed by atoms with E-state index in [0.717, 1.165) is 18.3 Å². The van der Waals surface area contributed by atoms with Crippen molar-refractivity contribution in [3.8, 4) is 0 Å². The first-order valence-electron chi connectivity index (χ1n) is 7.47. The zero-order chi connectivity index (χ0) is 13.5. The molecule has 0 heterocycles. The molecule has 1 N–H and O–H groups in total. The molecule has 0 aromatic rings. The normalized spacial score (nSPS) is 43.5. The molecule has 4 aliphatic rings. The maximum Gasteiger partial charge on any atom is 0.220 e. The summed E-state index contributed by atoms with van der Waals surface area (Å²) in [5.41, 5.74) is 0.282. The quantitative estimate of drug-likeness (QED) is 0.622. The van der Waals surface area contributed by atoms with Crippen LogP contribution in [-0.4, -0.2) is 30.5 Å². The highest BCUT2D eigenvalue weighted by Gasteiger charge is 2.57. The Balaban J connectivity index is 1.62. The molecule has 108 valence electrons. The summed E-state index contributed by atoms with van der Waals surface area (Å²) in [7, 11) is 1.67. The van der Waals surface area contributed by atoms with Crippen LogP contribution in [0.2, 0.25) is 0 Å². The second kappa shape index (κ2) is 5.03. The molecule has 19 heavy (non-hydrogen) atoms. The summed E-state index contributed by atoms with van der Waals surface area (Å²) < 4.78 is 5.33. The molecule has 0 aromatic heterocycles. The van der Waals surface area contributed by atoms with Crippen molar-refractivity contribution < 1.29 is 9.53 Å². The highest BCUT2D eigenvalue weighted by molar-refractivity contribution is 9.10. The van der Waals surface area contributed by atoms with Gasteiger partial charge in [0, 0.05) is 24.4 Å². The van der Waals surface area contributed by atoms with Crippen LogP contribution in [0.4, 0.5) is 0 Å². The molecule has 0 saturated heterocycles. The molecule has 4 heteroatoms. The van der Waals surface area contributed by atoms with E-state index >= 15 is 0 Å². The second-order valence-corrected chi connectivity index (χ2v) is 8.81. The van der Waals surface area contributed by atoms with Gasteiger partial charge in [-0.1, -0.05) is 15.9 Å². The number of amides is 1. The monoisotopic (exact) mass is 329 g/mol. The first kappa shape index (κ1) is 13.9. The molecular weight excluding hydrogens is 306 g/mol. The number of ether oxygens (including phenoxy) is 1. The maximum atomic E-state index is 12.1. The molecule has 0 radical (unpaired) electrons. The van der Waals surface area contributed by atoms with Crippen molar-refractivity contribution in [3.63, 3.8) is 0 Å². The fourth-order valence-corrected chi connectivity index (χ4v) is 6.75. The van der Waals surface area contributed by atoms with E-state index in [0.29, 0.717) is 17.5 Å². The zero-order valence-electron chi connectivity index (χ0n) is 11.7. The first-order chi connectivity index (χ1) is 9.03. The van der Waals surface area contributed by atoms with E-state index < -0.39 is 0 Å². The van der Waals surface area contributed by atoms with Gasteiger partial charge in [-0.2, -0.15) is 0 Å². The number of hydrogen-bond acceptors (Lipinski definition) is 2. The van der Waals surface area contributed by atoms with Gasteiger partial charge in [0.05, 0.1) is 6.61 Å². The van der Waals surface area contributed by atoms with Crippen molar-refractivity contribution in [1.82, 2.24) is 5.32 Å². The molecular formula is C15H24BrNO2. The average molecular weight is 330 g/mol. The van der Waals surface area contributed by atoms with E-state index in [9.17, 15) is 4.79 Å². The maximum absolute atomic E-state index is 12.1. The lowest BCUT2D eigenvalue weighted by Crippen LogP contribution is -2.54. The standard InChI is InChI=1S/C15H24BrNO2/c1-19-3-2-17-13(18)9-14-5-11-4-12(6-14)8-15(16,7-11)10-14/h11-12H,2-10H2,1H3,(H,17,18)/t11-,12-,14?,15?/m1/s1. The van der Waals surface area contributed by atoms with E-state index in [1.807, 2.05) is 0 Å².